The molecule has 1 aliphatic heterocycles. The molecule has 1 N–H and O–H groups in total. The van der Waals surface area contributed by atoms with E-state index in [0.29, 0.717) is 12.0 Å². The number of nitrogens with zero attached hydrogens (tertiary/aromatic N) is 1. The summed E-state index contributed by atoms with van der Waals surface area (Å²) in [5.41, 5.74) is 0.156. The molecule has 6 heteroatoms. The first-order valence-corrected chi connectivity index (χ1v) is 8.90. The number of sulfone groups is 1. The molecule has 106 valence electrons. The lowest BCUT2D eigenvalue weighted by Crippen LogP contribution is -2.37. The van der Waals surface area contributed by atoms with E-state index in [1.54, 1.807) is 24.3 Å². The molecule has 0 bridgehead atoms. The average molecular weight is 309 g/mol. The number of benzene rings is 1. The van der Waals surface area contributed by atoms with Gasteiger partial charge in [-0.05, 0) is 19.4 Å². The van der Waals surface area contributed by atoms with Crippen molar-refractivity contribution in [3.8, 4) is 0 Å². The molecule has 0 aliphatic carbocycles. The Kier molecular flexibility index (Phi) is 3.19. The molecule has 4 nitrogen and oxygen atoms in total. The van der Waals surface area contributed by atoms with Crippen LogP contribution in [-0.4, -0.2) is 24.3 Å². The maximum Gasteiger partial charge on any atom is 0.178 e. The first kappa shape index (κ1) is 13.7. The van der Waals surface area contributed by atoms with Crippen molar-refractivity contribution >= 4 is 21.2 Å². The fraction of sp³-hybridized carbons (Fsp3) is 0.357. The van der Waals surface area contributed by atoms with Crippen molar-refractivity contribution in [3.63, 3.8) is 0 Å². The SMILES string of the molecule is Cc1nc(CC2(O)CCS(=O)(=O)c3ccccc32)cs1. The van der Waals surface area contributed by atoms with Crippen molar-refractivity contribution in [2.24, 2.45) is 0 Å². The van der Waals surface area contributed by atoms with Gasteiger partial charge in [-0.25, -0.2) is 13.4 Å². The zero-order valence-electron chi connectivity index (χ0n) is 11.0. The minimum absolute atomic E-state index is 0.0242. The average Bonchev–Trinajstić information content (AvgIpc) is 2.81. The standard InChI is InChI=1S/C14H15NO3S2/c1-10-15-11(9-19-10)8-14(16)6-7-20(17,18)13-5-3-2-4-12(13)14/h2-5,9,16H,6-8H2,1H3. The van der Waals surface area contributed by atoms with E-state index in [0.717, 1.165) is 10.7 Å². The van der Waals surface area contributed by atoms with E-state index in [-0.39, 0.29) is 17.1 Å². The molecular weight excluding hydrogens is 294 g/mol. The van der Waals surface area contributed by atoms with Crippen LogP contribution in [0.3, 0.4) is 0 Å². The third-order valence-corrected chi connectivity index (χ3v) is 6.24. The normalized spacial score (nSPS) is 24.3. The summed E-state index contributed by atoms with van der Waals surface area (Å²) in [7, 11) is -3.28. The van der Waals surface area contributed by atoms with Crippen LogP contribution < -0.4 is 0 Å². The van der Waals surface area contributed by atoms with Crippen molar-refractivity contribution in [3.05, 3.63) is 45.9 Å². The molecule has 0 amide bonds. The van der Waals surface area contributed by atoms with Crippen LogP contribution in [0, 0.1) is 6.92 Å². The highest BCUT2D eigenvalue weighted by atomic mass is 32.2. The molecule has 20 heavy (non-hydrogen) atoms. The Balaban J connectivity index is 2.06. The van der Waals surface area contributed by atoms with Crippen LogP contribution >= 0.6 is 11.3 Å². The quantitative estimate of drug-likeness (QED) is 0.922. The maximum absolute atomic E-state index is 12.1. The fourth-order valence-electron chi connectivity index (χ4n) is 2.64. The Bertz CT molecular complexity index is 751. The molecule has 1 aromatic carbocycles. The highest BCUT2D eigenvalue weighted by Crippen LogP contribution is 2.39. The van der Waals surface area contributed by atoms with Gasteiger partial charge in [-0.1, -0.05) is 18.2 Å². The molecule has 1 aromatic heterocycles. The zero-order valence-corrected chi connectivity index (χ0v) is 12.7. The first-order valence-electron chi connectivity index (χ1n) is 6.36. The lowest BCUT2D eigenvalue weighted by atomic mass is 9.86. The molecule has 1 aliphatic rings. The number of aryl methyl sites for hydroxylation is 1. The molecule has 2 heterocycles. The van der Waals surface area contributed by atoms with Crippen LogP contribution in [0.4, 0.5) is 0 Å². The summed E-state index contributed by atoms with van der Waals surface area (Å²) in [5, 5.41) is 13.8. The van der Waals surface area contributed by atoms with E-state index in [1.165, 1.54) is 11.3 Å². The summed E-state index contributed by atoms with van der Waals surface area (Å²) in [6.45, 7) is 1.91. The highest BCUT2D eigenvalue weighted by molar-refractivity contribution is 7.91. The maximum atomic E-state index is 12.1. The molecule has 1 atom stereocenters. The summed E-state index contributed by atoms with van der Waals surface area (Å²) in [6, 6.07) is 6.72. The van der Waals surface area contributed by atoms with Gasteiger partial charge in [-0.15, -0.1) is 11.3 Å². The smallest absolute Gasteiger partial charge is 0.178 e. The van der Waals surface area contributed by atoms with Crippen molar-refractivity contribution < 1.29 is 13.5 Å². The summed E-state index contributed by atoms with van der Waals surface area (Å²) in [4.78, 5) is 4.62. The molecule has 0 spiro atoms. The largest absolute Gasteiger partial charge is 0.385 e. The van der Waals surface area contributed by atoms with Gasteiger partial charge < -0.3 is 5.11 Å². The molecular formula is C14H15NO3S2. The van der Waals surface area contributed by atoms with Crippen molar-refractivity contribution in [1.29, 1.82) is 0 Å². The Labute approximate surface area is 122 Å². The van der Waals surface area contributed by atoms with Gasteiger partial charge in [0, 0.05) is 17.4 Å². The Morgan fingerprint density at radius 1 is 1.40 bits per heavy atom. The number of aromatic nitrogens is 1. The molecule has 3 rings (SSSR count). The zero-order chi connectivity index (χ0) is 14.4. The van der Waals surface area contributed by atoms with E-state index in [4.69, 9.17) is 0 Å². The third kappa shape index (κ3) is 2.28. The molecule has 0 saturated heterocycles. The van der Waals surface area contributed by atoms with Crippen molar-refractivity contribution in [2.75, 3.05) is 5.75 Å². The van der Waals surface area contributed by atoms with Crippen LogP contribution in [0.5, 0.6) is 0 Å². The number of aliphatic hydroxyl groups is 1. The van der Waals surface area contributed by atoms with E-state index < -0.39 is 15.4 Å². The molecule has 0 saturated carbocycles. The minimum Gasteiger partial charge on any atom is -0.385 e. The molecule has 2 aromatic rings. The van der Waals surface area contributed by atoms with Gasteiger partial charge in [0.15, 0.2) is 9.84 Å². The summed E-state index contributed by atoms with van der Waals surface area (Å²) >= 11 is 1.53. The number of rotatable bonds is 2. The van der Waals surface area contributed by atoms with E-state index in [9.17, 15) is 13.5 Å². The number of hydrogen-bond acceptors (Lipinski definition) is 5. The Morgan fingerprint density at radius 2 is 2.15 bits per heavy atom. The second-order valence-corrected chi connectivity index (χ2v) is 8.27. The van der Waals surface area contributed by atoms with Gasteiger partial charge in [0.1, 0.15) is 0 Å². The second kappa shape index (κ2) is 4.65. The number of fused-ring (bicyclic) bond motifs is 1. The van der Waals surface area contributed by atoms with E-state index in [2.05, 4.69) is 4.98 Å². The monoisotopic (exact) mass is 309 g/mol. The minimum atomic E-state index is -3.28. The summed E-state index contributed by atoms with van der Waals surface area (Å²) < 4.78 is 24.2. The van der Waals surface area contributed by atoms with Crippen LogP contribution in [0.15, 0.2) is 34.5 Å². The Morgan fingerprint density at radius 3 is 2.85 bits per heavy atom. The van der Waals surface area contributed by atoms with Crippen molar-refractivity contribution in [2.45, 2.75) is 30.3 Å². The highest BCUT2D eigenvalue weighted by Gasteiger charge is 2.40. The van der Waals surface area contributed by atoms with Crippen LogP contribution in [-0.2, 0) is 21.9 Å². The van der Waals surface area contributed by atoms with Gasteiger partial charge in [-0.2, -0.15) is 0 Å². The summed E-state index contributed by atoms with van der Waals surface area (Å²) in [5.74, 6) is -0.0242. The van der Waals surface area contributed by atoms with E-state index >= 15 is 0 Å². The fourth-order valence-corrected chi connectivity index (χ4v) is 4.96. The molecule has 0 radical (unpaired) electrons. The van der Waals surface area contributed by atoms with Crippen molar-refractivity contribution in [1.82, 2.24) is 4.98 Å². The topological polar surface area (TPSA) is 67.3 Å². The van der Waals surface area contributed by atoms with Gasteiger partial charge >= 0.3 is 0 Å². The van der Waals surface area contributed by atoms with Gasteiger partial charge in [0.2, 0.25) is 0 Å². The van der Waals surface area contributed by atoms with Gasteiger partial charge in [0.05, 0.1) is 27.0 Å². The van der Waals surface area contributed by atoms with Crippen LogP contribution in [0.25, 0.3) is 0 Å². The number of hydrogen-bond donors (Lipinski definition) is 1. The predicted octanol–water partition coefficient (Wildman–Crippen LogP) is 2.06. The second-order valence-electron chi connectivity index (χ2n) is 5.13. The van der Waals surface area contributed by atoms with Crippen LogP contribution in [0.2, 0.25) is 0 Å². The Hall–Kier alpha value is -1.24. The molecule has 0 fully saturated rings. The van der Waals surface area contributed by atoms with Crippen LogP contribution in [0.1, 0.15) is 22.7 Å². The lowest BCUT2D eigenvalue weighted by molar-refractivity contribution is 0.0275. The third-order valence-electron chi connectivity index (χ3n) is 3.65. The number of thiazole rings is 1. The predicted molar refractivity (Wildman–Crippen MR) is 77.6 cm³/mol. The van der Waals surface area contributed by atoms with Gasteiger partial charge in [-0.3, -0.25) is 0 Å². The summed E-state index contributed by atoms with van der Waals surface area (Å²) in [6.07, 6.45) is 0.562. The van der Waals surface area contributed by atoms with Gasteiger partial charge in [0.25, 0.3) is 0 Å². The molecule has 1 unspecified atom stereocenters. The lowest BCUT2D eigenvalue weighted by Gasteiger charge is -2.33. The van der Waals surface area contributed by atoms with E-state index in [1.807, 2.05) is 12.3 Å². The first-order chi connectivity index (χ1) is 9.41.